The second kappa shape index (κ2) is 8.50. The summed E-state index contributed by atoms with van der Waals surface area (Å²) in [6.45, 7) is 8.86. The van der Waals surface area contributed by atoms with Gasteiger partial charge in [0.15, 0.2) is 5.65 Å². The van der Waals surface area contributed by atoms with Crippen LogP contribution in [-0.2, 0) is 0 Å². The molecule has 0 radical (unpaired) electrons. The van der Waals surface area contributed by atoms with Gasteiger partial charge in [0.05, 0.1) is 18.4 Å². The molecule has 0 bridgehead atoms. The van der Waals surface area contributed by atoms with Gasteiger partial charge in [-0.3, -0.25) is 0 Å². The van der Waals surface area contributed by atoms with Gasteiger partial charge in [-0.05, 0) is 58.7 Å². The van der Waals surface area contributed by atoms with E-state index in [0.29, 0.717) is 0 Å². The lowest BCUT2D eigenvalue weighted by molar-refractivity contribution is 0.141. The van der Waals surface area contributed by atoms with E-state index in [1.807, 2.05) is 22.7 Å². The summed E-state index contributed by atoms with van der Waals surface area (Å²) >= 11 is 0. The Morgan fingerprint density at radius 3 is 2.45 bits per heavy atom. The smallest absolute Gasteiger partial charge is 0.165 e. The number of anilines is 1. The molecule has 2 aromatic heterocycles. The number of rotatable bonds is 4. The summed E-state index contributed by atoms with van der Waals surface area (Å²) in [7, 11) is 1.72. The van der Waals surface area contributed by atoms with Crippen LogP contribution in [0.4, 0.5) is 5.82 Å². The number of benzene rings is 1. The SMILES string of the molecule is COc1ccccc1-c1c(C)nn2c(N3CCC(N4CCCCC4)CC3)cc(C)nc12. The minimum absolute atomic E-state index is 0.735. The number of aromatic nitrogens is 3. The highest BCUT2D eigenvalue weighted by atomic mass is 16.5. The second-order valence-electron chi connectivity index (χ2n) is 8.97. The zero-order chi connectivity index (χ0) is 21.4. The van der Waals surface area contributed by atoms with Crippen LogP contribution in [0.25, 0.3) is 16.8 Å². The molecule has 0 N–H and O–H groups in total. The Kier molecular flexibility index (Phi) is 5.57. The number of hydrogen-bond donors (Lipinski definition) is 0. The van der Waals surface area contributed by atoms with Crippen molar-refractivity contribution < 1.29 is 4.74 Å². The highest BCUT2D eigenvalue weighted by Gasteiger charge is 2.28. The number of ether oxygens (including phenoxy) is 1. The first-order chi connectivity index (χ1) is 15.2. The predicted molar refractivity (Wildman–Crippen MR) is 125 cm³/mol. The fourth-order valence-corrected chi connectivity index (χ4v) is 5.36. The third-order valence-electron chi connectivity index (χ3n) is 6.95. The lowest BCUT2D eigenvalue weighted by Crippen LogP contribution is -2.47. The van der Waals surface area contributed by atoms with Crippen molar-refractivity contribution in [2.75, 3.05) is 38.2 Å². The van der Waals surface area contributed by atoms with Crippen LogP contribution < -0.4 is 9.64 Å². The molecule has 0 spiro atoms. The van der Waals surface area contributed by atoms with E-state index < -0.39 is 0 Å². The minimum Gasteiger partial charge on any atom is -0.496 e. The summed E-state index contributed by atoms with van der Waals surface area (Å²) < 4.78 is 7.69. The number of piperidine rings is 2. The predicted octanol–water partition coefficient (Wildman–Crippen LogP) is 4.48. The topological polar surface area (TPSA) is 45.9 Å². The molecule has 0 amide bonds. The van der Waals surface area contributed by atoms with Gasteiger partial charge in [-0.1, -0.05) is 24.6 Å². The summed E-state index contributed by atoms with van der Waals surface area (Å²) in [4.78, 5) is 10.1. The van der Waals surface area contributed by atoms with Gasteiger partial charge in [0.25, 0.3) is 0 Å². The summed E-state index contributed by atoms with van der Waals surface area (Å²) in [5.41, 5.74) is 5.02. The van der Waals surface area contributed by atoms with Crippen LogP contribution in [0.1, 0.15) is 43.5 Å². The average Bonchev–Trinajstić information content (AvgIpc) is 3.14. The van der Waals surface area contributed by atoms with Gasteiger partial charge in [-0.25, -0.2) is 4.98 Å². The van der Waals surface area contributed by atoms with Gasteiger partial charge in [0.2, 0.25) is 0 Å². The van der Waals surface area contributed by atoms with Crippen molar-refractivity contribution in [3.63, 3.8) is 0 Å². The number of para-hydroxylation sites is 1. The quantitative estimate of drug-likeness (QED) is 0.624. The van der Waals surface area contributed by atoms with Crippen LogP contribution in [0, 0.1) is 13.8 Å². The number of aryl methyl sites for hydroxylation is 2. The van der Waals surface area contributed by atoms with Crippen molar-refractivity contribution in [2.45, 2.75) is 52.0 Å². The molecule has 31 heavy (non-hydrogen) atoms. The maximum atomic E-state index is 5.64. The number of methoxy groups -OCH3 is 1. The maximum absolute atomic E-state index is 5.64. The number of fused-ring (bicyclic) bond motifs is 1. The van der Waals surface area contributed by atoms with Crippen LogP contribution in [0.5, 0.6) is 5.75 Å². The Hall–Kier alpha value is -2.60. The zero-order valence-electron chi connectivity index (χ0n) is 19.0. The molecule has 0 aliphatic carbocycles. The molecule has 0 saturated carbocycles. The Bertz CT molecular complexity index is 1060. The van der Waals surface area contributed by atoms with Crippen molar-refractivity contribution in [1.29, 1.82) is 0 Å². The number of likely N-dealkylation sites (tertiary alicyclic amines) is 1. The lowest BCUT2D eigenvalue weighted by atomic mass is 10.00. The Labute approximate surface area is 184 Å². The van der Waals surface area contributed by atoms with Crippen LogP contribution in [0.15, 0.2) is 30.3 Å². The molecule has 4 heterocycles. The Morgan fingerprint density at radius 1 is 0.968 bits per heavy atom. The van der Waals surface area contributed by atoms with Gasteiger partial charge in [-0.15, -0.1) is 0 Å². The number of nitrogens with zero attached hydrogens (tertiary/aromatic N) is 5. The summed E-state index contributed by atoms with van der Waals surface area (Å²) in [5.74, 6) is 2.01. The van der Waals surface area contributed by atoms with Crippen LogP contribution in [0.2, 0.25) is 0 Å². The summed E-state index contributed by atoms with van der Waals surface area (Å²) in [6.07, 6.45) is 6.58. The van der Waals surface area contributed by atoms with E-state index in [-0.39, 0.29) is 0 Å². The molecule has 5 rings (SSSR count). The van der Waals surface area contributed by atoms with E-state index in [9.17, 15) is 0 Å². The first kappa shape index (κ1) is 20.3. The molecule has 164 valence electrons. The van der Waals surface area contributed by atoms with Crippen LogP contribution in [-0.4, -0.2) is 58.8 Å². The van der Waals surface area contributed by atoms with Gasteiger partial charge < -0.3 is 14.5 Å². The maximum Gasteiger partial charge on any atom is 0.165 e. The first-order valence-corrected chi connectivity index (χ1v) is 11.6. The van der Waals surface area contributed by atoms with Gasteiger partial charge in [0, 0.05) is 36.5 Å². The van der Waals surface area contributed by atoms with Gasteiger partial charge in [-0.2, -0.15) is 9.61 Å². The minimum atomic E-state index is 0.735. The molecule has 2 fully saturated rings. The molecule has 1 aromatic carbocycles. The zero-order valence-corrected chi connectivity index (χ0v) is 19.0. The molecule has 2 aliphatic heterocycles. The van der Waals surface area contributed by atoms with Crippen LogP contribution >= 0.6 is 0 Å². The Morgan fingerprint density at radius 2 is 1.71 bits per heavy atom. The third kappa shape index (κ3) is 3.78. The fourth-order valence-electron chi connectivity index (χ4n) is 5.36. The standard InChI is InChI=1S/C25H33N5O/c1-18-17-23(29-15-11-20(12-16-29)28-13-7-4-8-14-28)30-25(26-18)24(19(2)27-30)21-9-5-6-10-22(21)31-3/h5-6,9-10,17,20H,4,7-8,11-16H2,1-3H3. The van der Waals surface area contributed by atoms with E-state index >= 15 is 0 Å². The first-order valence-electron chi connectivity index (χ1n) is 11.6. The molecule has 3 aromatic rings. The molecular formula is C25H33N5O. The van der Waals surface area contributed by atoms with Crippen molar-refractivity contribution in [3.05, 3.63) is 41.7 Å². The monoisotopic (exact) mass is 419 g/mol. The lowest BCUT2D eigenvalue weighted by Gasteiger charge is -2.40. The normalized spacial score (nSPS) is 18.6. The highest BCUT2D eigenvalue weighted by molar-refractivity contribution is 5.84. The highest BCUT2D eigenvalue weighted by Crippen LogP contribution is 2.36. The largest absolute Gasteiger partial charge is 0.496 e. The summed E-state index contributed by atoms with van der Waals surface area (Å²) in [5, 5.41) is 4.94. The van der Waals surface area contributed by atoms with E-state index in [1.165, 1.54) is 45.2 Å². The van der Waals surface area contributed by atoms with Crippen molar-refractivity contribution in [1.82, 2.24) is 19.5 Å². The van der Waals surface area contributed by atoms with Crippen molar-refractivity contribution in [2.24, 2.45) is 0 Å². The van der Waals surface area contributed by atoms with E-state index in [1.54, 1.807) is 7.11 Å². The van der Waals surface area contributed by atoms with Gasteiger partial charge >= 0.3 is 0 Å². The molecular weight excluding hydrogens is 386 g/mol. The Balaban J connectivity index is 1.48. The third-order valence-corrected chi connectivity index (χ3v) is 6.95. The molecule has 6 nitrogen and oxygen atoms in total. The molecule has 0 atom stereocenters. The van der Waals surface area contributed by atoms with E-state index in [4.69, 9.17) is 14.8 Å². The summed E-state index contributed by atoms with van der Waals surface area (Å²) in [6, 6.07) is 11.1. The average molecular weight is 420 g/mol. The van der Waals surface area contributed by atoms with Crippen molar-refractivity contribution in [3.8, 4) is 16.9 Å². The molecule has 6 heteroatoms. The van der Waals surface area contributed by atoms with E-state index in [0.717, 1.165) is 58.9 Å². The van der Waals surface area contributed by atoms with Gasteiger partial charge in [0.1, 0.15) is 11.6 Å². The van der Waals surface area contributed by atoms with E-state index in [2.05, 4.69) is 35.8 Å². The molecule has 2 saturated heterocycles. The molecule has 2 aliphatic rings. The van der Waals surface area contributed by atoms with Crippen molar-refractivity contribution >= 4 is 11.5 Å². The number of hydrogen-bond acceptors (Lipinski definition) is 5. The molecule has 0 unspecified atom stereocenters. The fraction of sp³-hybridized carbons (Fsp3) is 0.520. The van der Waals surface area contributed by atoms with Crippen LogP contribution in [0.3, 0.4) is 0 Å². The second-order valence-corrected chi connectivity index (χ2v) is 8.97.